The Morgan fingerprint density at radius 1 is 0.897 bits per heavy atom. The highest BCUT2D eigenvalue weighted by atomic mass is 32.2. The van der Waals surface area contributed by atoms with Gasteiger partial charge in [-0.2, -0.15) is 0 Å². The zero-order valence-corrected chi connectivity index (χ0v) is 16.8. The van der Waals surface area contributed by atoms with E-state index < -0.39 is 64.2 Å². The number of ether oxygens (including phenoxy) is 4. The van der Waals surface area contributed by atoms with Crippen molar-refractivity contribution in [3.05, 3.63) is 30.3 Å². The van der Waals surface area contributed by atoms with Gasteiger partial charge in [-0.25, -0.2) is 8.42 Å². The molecule has 1 aromatic rings. The third-order valence-electron chi connectivity index (χ3n) is 4.00. The molecule has 2 rings (SSSR count). The van der Waals surface area contributed by atoms with E-state index in [1.54, 1.807) is 6.07 Å². The molecule has 11 heteroatoms. The van der Waals surface area contributed by atoms with Gasteiger partial charge in [0.1, 0.15) is 6.10 Å². The summed E-state index contributed by atoms with van der Waals surface area (Å²) < 4.78 is 46.0. The lowest BCUT2D eigenvalue weighted by molar-refractivity contribution is -0.287. The van der Waals surface area contributed by atoms with Crippen molar-refractivity contribution < 1.29 is 46.9 Å². The number of hydrogen-bond acceptors (Lipinski definition) is 10. The number of rotatable bonds is 6. The quantitative estimate of drug-likeness (QED) is 0.483. The lowest BCUT2D eigenvalue weighted by Gasteiger charge is -2.42. The fourth-order valence-corrected chi connectivity index (χ4v) is 4.41. The third kappa shape index (κ3) is 5.99. The molecule has 160 valence electrons. The van der Waals surface area contributed by atoms with E-state index in [1.807, 2.05) is 0 Å². The van der Waals surface area contributed by atoms with Gasteiger partial charge in [-0.05, 0) is 12.1 Å². The van der Waals surface area contributed by atoms with Crippen molar-refractivity contribution >= 4 is 27.7 Å². The average molecular weight is 430 g/mol. The molecule has 0 aliphatic carbocycles. The molecule has 10 nitrogen and oxygen atoms in total. The Hall–Kier alpha value is -2.50. The molecule has 1 aliphatic rings. The summed E-state index contributed by atoms with van der Waals surface area (Å²) in [5, 5.41) is 10.3. The highest BCUT2D eigenvalue weighted by molar-refractivity contribution is 7.91. The SMILES string of the molecule is CC(=O)O[C@@H]1[C@@H](OC(C)=O)[C@@H](O)O[C@H](CS(=O)(=O)c2ccccc2)[C@H]1OC(C)=O. The maximum Gasteiger partial charge on any atom is 0.303 e. The van der Waals surface area contributed by atoms with E-state index in [9.17, 15) is 27.9 Å². The zero-order chi connectivity index (χ0) is 21.8. The number of aliphatic hydroxyl groups is 1. The highest BCUT2D eigenvalue weighted by Crippen LogP contribution is 2.29. The Morgan fingerprint density at radius 2 is 1.38 bits per heavy atom. The van der Waals surface area contributed by atoms with Crippen LogP contribution in [0.1, 0.15) is 20.8 Å². The van der Waals surface area contributed by atoms with E-state index in [-0.39, 0.29) is 4.90 Å². The largest absolute Gasteiger partial charge is 0.456 e. The first kappa shape index (κ1) is 22.8. The molecule has 0 aromatic heterocycles. The second-order valence-electron chi connectivity index (χ2n) is 6.38. The summed E-state index contributed by atoms with van der Waals surface area (Å²) in [7, 11) is -3.92. The Morgan fingerprint density at radius 3 is 1.90 bits per heavy atom. The summed E-state index contributed by atoms with van der Waals surface area (Å²) in [6.45, 7) is 3.19. The van der Waals surface area contributed by atoms with Crippen LogP contribution in [0.3, 0.4) is 0 Å². The predicted octanol–water partition coefficient (Wildman–Crippen LogP) is -0.0274. The van der Waals surface area contributed by atoms with Gasteiger partial charge < -0.3 is 24.1 Å². The van der Waals surface area contributed by atoms with Crippen LogP contribution < -0.4 is 0 Å². The normalized spacial score (nSPS) is 27.0. The summed E-state index contributed by atoms with van der Waals surface area (Å²) in [5.74, 6) is -3.12. The van der Waals surface area contributed by atoms with Gasteiger partial charge in [0, 0.05) is 20.8 Å². The van der Waals surface area contributed by atoms with Gasteiger partial charge in [-0.15, -0.1) is 0 Å². The van der Waals surface area contributed by atoms with Crippen LogP contribution in [-0.2, 0) is 43.2 Å². The van der Waals surface area contributed by atoms with Crippen molar-refractivity contribution in [2.45, 2.75) is 56.4 Å². The molecule has 0 unspecified atom stereocenters. The topological polar surface area (TPSA) is 142 Å². The van der Waals surface area contributed by atoms with E-state index >= 15 is 0 Å². The number of benzene rings is 1. The van der Waals surface area contributed by atoms with Crippen LogP contribution in [0, 0.1) is 0 Å². The minimum atomic E-state index is -3.92. The van der Waals surface area contributed by atoms with Crippen LogP contribution in [0.25, 0.3) is 0 Å². The molecule has 0 spiro atoms. The number of esters is 3. The number of hydrogen-bond donors (Lipinski definition) is 1. The van der Waals surface area contributed by atoms with E-state index in [1.165, 1.54) is 24.3 Å². The van der Waals surface area contributed by atoms with Crippen LogP contribution in [0.5, 0.6) is 0 Å². The fraction of sp³-hybridized carbons (Fsp3) is 0.500. The first-order valence-electron chi connectivity index (χ1n) is 8.64. The van der Waals surface area contributed by atoms with Crippen molar-refractivity contribution in [2.75, 3.05) is 5.75 Å². The summed E-state index contributed by atoms with van der Waals surface area (Å²) in [6, 6.07) is 7.46. The number of carbonyl (C=O) groups excluding carboxylic acids is 3. The molecule has 1 aromatic carbocycles. The van der Waals surface area contributed by atoms with E-state index in [4.69, 9.17) is 18.9 Å². The minimum absolute atomic E-state index is 0.00851. The van der Waals surface area contributed by atoms with Crippen LogP contribution in [0.4, 0.5) is 0 Å². The van der Waals surface area contributed by atoms with Gasteiger partial charge in [0.05, 0.1) is 10.6 Å². The third-order valence-corrected chi connectivity index (χ3v) is 5.76. The van der Waals surface area contributed by atoms with Gasteiger partial charge in [0.15, 0.2) is 34.4 Å². The van der Waals surface area contributed by atoms with Crippen LogP contribution in [-0.4, -0.2) is 67.9 Å². The van der Waals surface area contributed by atoms with Gasteiger partial charge in [-0.3, -0.25) is 14.4 Å². The lowest BCUT2D eigenvalue weighted by Crippen LogP contribution is -2.62. The van der Waals surface area contributed by atoms with Crippen molar-refractivity contribution in [1.29, 1.82) is 0 Å². The minimum Gasteiger partial charge on any atom is -0.456 e. The molecule has 1 N–H and O–H groups in total. The average Bonchev–Trinajstić information content (AvgIpc) is 2.61. The first-order valence-corrected chi connectivity index (χ1v) is 10.3. The van der Waals surface area contributed by atoms with Crippen molar-refractivity contribution in [3.63, 3.8) is 0 Å². The second kappa shape index (κ2) is 9.33. The van der Waals surface area contributed by atoms with Crippen LogP contribution >= 0.6 is 0 Å². The monoisotopic (exact) mass is 430 g/mol. The van der Waals surface area contributed by atoms with Gasteiger partial charge in [-0.1, -0.05) is 18.2 Å². The Bertz CT molecular complexity index is 851. The van der Waals surface area contributed by atoms with E-state index in [0.717, 1.165) is 20.8 Å². The Balaban J connectivity index is 2.40. The van der Waals surface area contributed by atoms with Gasteiger partial charge in [0.25, 0.3) is 0 Å². The summed E-state index contributed by atoms with van der Waals surface area (Å²) in [6.07, 6.45) is -7.64. The summed E-state index contributed by atoms with van der Waals surface area (Å²) in [5.41, 5.74) is 0. The Labute approximate surface area is 167 Å². The number of carbonyl (C=O) groups is 3. The molecule has 1 aliphatic heterocycles. The molecule has 1 saturated heterocycles. The first-order chi connectivity index (χ1) is 13.5. The summed E-state index contributed by atoms with van der Waals surface area (Å²) in [4.78, 5) is 34.5. The van der Waals surface area contributed by atoms with Crippen molar-refractivity contribution in [1.82, 2.24) is 0 Å². The number of sulfone groups is 1. The van der Waals surface area contributed by atoms with Gasteiger partial charge >= 0.3 is 17.9 Å². The second-order valence-corrected chi connectivity index (χ2v) is 8.42. The van der Waals surface area contributed by atoms with Crippen molar-refractivity contribution in [2.24, 2.45) is 0 Å². The molecule has 29 heavy (non-hydrogen) atoms. The molecule has 1 fully saturated rings. The molecule has 0 saturated carbocycles. The molecule has 5 atom stereocenters. The predicted molar refractivity (Wildman–Crippen MR) is 96.0 cm³/mol. The maximum absolute atomic E-state index is 12.7. The lowest BCUT2D eigenvalue weighted by atomic mass is 9.99. The number of aliphatic hydroxyl groups excluding tert-OH is 1. The summed E-state index contributed by atoms with van der Waals surface area (Å²) >= 11 is 0. The molecule has 0 radical (unpaired) electrons. The smallest absolute Gasteiger partial charge is 0.303 e. The van der Waals surface area contributed by atoms with Crippen LogP contribution in [0.2, 0.25) is 0 Å². The molecule has 0 bridgehead atoms. The van der Waals surface area contributed by atoms with E-state index in [0.29, 0.717) is 0 Å². The molecular weight excluding hydrogens is 408 g/mol. The molecule has 0 amide bonds. The van der Waals surface area contributed by atoms with Crippen LogP contribution in [0.15, 0.2) is 35.2 Å². The van der Waals surface area contributed by atoms with Gasteiger partial charge in [0.2, 0.25) is 0 Å². The maximum atomic E-state index is 12.7. The molecule has 1 heterocycles. The van der Waals surface area contributed by atoms with Crippen molar-refractivity contribution in [3.8, 4) is 0 Å². The zero-order valence-electron chi connectivity index (χ0n) is 16.0. The highest BCUT2D eigenvalue weighted by Gasteiger charge is 2.52. The molecular formula is C18H22O10S. The van der Waals surface area contributed by atoms with E-state index in [2.05, 4.69) is 0 Å². The standard InChI is InChI=1S/C18H22O10S/c1-10(19)25-15-14(9-29(23,24)13-7-5-4-6-8-13)28-18(22)17(27-12(3)21)16(15)26-11(2)20/h4-8,14-18,22H,9H2,1-3H3/t14-,15-,16+,17-,18+/m1/s1. The Kier molecular flexibility index (Phi) is 7.33. The fourth-order valence-electron chi connectivity index (χ4n) is 2.95.